The largest absolute Gasteiger partial charge is 0.480 e. The van der Waals surface area contributed by atoms with Crippen molar-refractivity contribution in [3.63, 3.8) is 0 Å². The number of aliphatic carboxylic acids is 1. The third-order valence-electron chi connectivity index (χ3n) is 3.52. The minimum atomic E-state index is -1.12. The molecule has 0 radical (unpaired) electrons. The van der Waals surface area contributed by atoms with Crippen molar-refractivity contribution in [2.24, 2.45) is 0 Å². The lowest BCUT2D eigenvalue weighted by molar-refractivity contribution is -0.386. The maximum absolute atomic E-state index is 12.4. The fourth-order valence-electron chi connectivity index (χ4n) is 2.58. The van der Waals surface area contributed by atoms with Crippen LogP contribution in [-0.4, -0.2) is 27.9 Å². The lowest BCUT2D eigenvalue weighted by atomic mass is 9.96. The Kier molecular flexibility index (Phi) is 5.62. The van der Waals surface area contributed by atoms with Gasteiger partial charge in [-0.05, 0) is 38.8 Å². The molecule has 0 aromatic heterocycles. The molecule has 0 aliphatic heterocycles. The number of amides is 1. The van der Waals surface area contributed by atoms with Gasteiger partial charge in [0.2, 0.25) is 0 Å². The molecule has 0 heterocycles. The first kappa shape index (κ1) is 17.6. The second-order valence-electron chi connectivity index (χ2n) is 5.27. The number of rotatable bonds is 6. The number of nitrogens with zero attached hydrogens (tertiary/aromatic N) is 1. The van der Waals surface area contributed by atoms with Crippen molar-refractivity contribution in [3.8, 4) is 0 Å². The molecule has 0 bridgehead atoms. The van der Waals surface area contributed by atoms with E-state index in [0.717, 1.165) is 0 Å². The first-order valence-electron chi connectivity index (χ1n) is 6.99. The van der Waals surface area contributed by atoms with E-state index >= 15 is 0 Å². The fraction of sp³-hybridized carbons (Fsp3) is 0.467. The van der Waals surface area contributed by atoms with E-state index in [2.05, 4.69) is 5.32 Å². The summed E-state index contributed by atoms with van der Waals surface area (Å²) < 4.78 is 0. The predicted molar refractivity (Wildman–Crippen MR) is 81.1 cm³/mol. The van der Waals surface area contributed by atoms with E-state index in [0.29, 0.717) is 24.0 Å². The highest BCUT2D eigenvalue weighted by Crippen LogP contribution is 2.28. The standard InChI is InChI=1S/C15H20N2O5/c1-5-6-11(15(19)20)16-14(18)12-8(2)7-9(3)13(10(12)4)17(21)22/h7,11H,5-6H2,1-4H3,(H,16,18)(H,19,20). The molecule has 0 spiro atoms. The summed E-state index contributed by atoms with van der Waals surface area (Å²) in [5, 5.41) is 22.7. The van der Waals surface area contributed by atoms with E-state index in [1.54, 1.807) is 19.9 Å². The number of hydrogen-bond donors (Lipinski definition) is 2. The number of hydrogen-bond acceptors (Lipinski definition) is 4. The number of nitro benzene ring substituents is 1. The van der Waals surface area contributed by atoms with E-state index in [9.17, 15) is 19.7 Å². The summed E-state index contributed by atoms with van der Waals surface area (Å²) in [6.45, 7) is 6.60. The van der Waals surface area contributed by atoms with Gasteiger partial charge in [-0.2, -0.15) is 0 Å². The van der Waals surface area contributed by atoms with Gasteiger partial charge in [0.25, 0.3) is 11.6 Å². The molecule has 0 aliphatic rings. The average Bonchev–Trinajstić information content (AvgIpc) is 2.36. The third kappa shape index (κ3) is 3.60. The summed E-state index contributed by atoms with van der Waals surface area (Å²) in [4.78, 5) is 34.1. The molecular formula is C15H20N2O5. The SMILES string of the molecule is CCCC(NC(=O)c1c(C)cc(C)c([N+](=O)[O-])c1C)C(=O)O. The van der Waals surface area contributed by atoms with Crippen LogP contribution < -0.4 is 5.32 Å². The molecule has 7 nitrogen and oxygen atoms in total. The molecule has 0 fully saturated rings. The quantitative estimate of drug-likeness (QED) is 0.619. The molecule has 1 atom stereocenters. The van der Waals surface area contributed by atoms with Crippen LogP contribution in [0.1, 0.15) is 46.8 Å². The third-order valence-corrected chi connectivity index (χ3v) is 3.52. The summed E-state index contributed by atoms with van der Waals surface area (Å²) in [7, 11) is 0. The van der Waals surface area contributed by atoms with E-state index in [-0.39, 0.29) is 16.8 Å². The molecule has 2 N–H and O–H groups in total. The first-order chi connectivity index (χ1) is 10.2. The Morgan fingerprint density at radius 1 is 1.32 bits per heavy atom. The van der Waals surface area contributed by atoms with Gasteiger partial charge in [-0.15, -0.1) is 0 Å². The van der Waals surface area contributed by atoms with Gasteiger partial charge < -0.3 is 10.4 Å². The topological polar surface area (TPSA) is 110 Å². The van der Waals surface area contributed by atoms with E-state index < -0.39 is 22.8 Å². The minimum Gasteiger partial charge on any atom is -0.480 e. The zero-order valence-corrected chi connectivity index (χ0v) is 13.1. The van der Waals surface area contributed by atoms with Crippen LogP contribution in [0.2, 0.25) is 0 Å². The average molecular weight is 308 g/mol. The van der Waals surface area contributed by atoms with Crippen LogP contribution in [-0.2, 0) is 4.79 Å². The second kappa shape index (κ2) is 7.02. The molecule has 22 heavy (non-hydrogen) atoms. The van der Waals surface area contributed by atoms with Crippen LogP contribution in [0.3, 0.4) is 0 Å². The van der Waals surface area contributed by atoms with Crippen LogP contribution in [0.25, 0.3) is 0 Å². The number of carboxylic acids is 1. The maximum Gasteiger partial charge on any atom is 0.326 e. The van der Waals surface area contributed by atoms with Crippen LogP contribution in [0.4, 0.5) is 5.69 Å². The number of aryl methyl sites for hydroxylation is 2. The molecule has 1 aromatic carbocycles. The maximum atomic E-state index is 12.4. The highest BCUT2D eigenvalue weighted by atomic mass is 16.6. The molecule has 7 heteroatoms. The number of carbonyl (C=O) groups is 2. The smallest absolute Gasteiger partial charge is 0.326 e. The van der Waals surface area contributed by atoms with Gasteiger partial charge in [0.1, 0.15) is 6.04 Å². The summed E-state index contributed by atoms with van der Waals surface area (Å²) in [5.41, 5.74) is 1.36. The highest BCUT2D eigenvalue weighted by molar-refractivity contribution is 6.00. The van der Waals surface area contributed by atoms with Crippen LogP contribution >= 0.6 is 0 Å². The second-order valence-corrected chi connectivity index (χ2v) is 5.27. The van der Waals surface area contributed by atoms with Crippen molar-refractivity contribution >= 4 is 17.6 Å². The van der Waals surface area contributed by atoms with E-state index in [1.165, 1.54) is 6.92 Å². The van der Waals surface area contributed by atoms with Crippen molar-refractivity contribution in [3.05, 3.63) is 38.4 Å². The van der Waals surface area contributed by atoms with Crippen molar-refractivity contribution in [2.75, 3.05) is 0 Å². The molecule has 0 saturated heterocycles. The van der Waals surface area contributed by atoms with Crippen LogP contribution in [0.15, 0.2) is 6.07 Å². The Bertz CT molecular complexity index is 625. The highest BCUT2D eigenvalue weighted by Gasteiger charge is 2.26. The van der Waals surface area contributed by atoms with Gasteiger partial charge in [0.05, 0.1) is 10.5 Å². The Morgan fingerprint density at radius 3 is 2.36 bits per heavy atom. The molecule has 0 aliphatic carbocycles. The molecule has 0 saturated carbocycles. The van der Waals surface area contributed by atoms with Crippen molar-refractivity contribution in [2.45, 2.75) is 46.6 Å². The molecular weight excluding hydrogens is 288 g/mol. The van der Waals surface area contributed by atoms with Crippen molar-refractivity contribution in [1.29, 1.82) is 0 Å². The van der Waals surface area contributed by atoms with Gasteiger partial charge in [-0.25, -0.2) is 4.79 Å². The normalized spacial score (nSPS) is 11.8. The molecule has 1 aromatic rings. The van der Waals surface area contributed by atoms with Crippen molar-refractivity contribution < 1.29 is 19.6 Å². The Morgan fingerprint density at radius 2 is 1.91 bits per heavy atom. The molecule has 1 amide bonds. The fourth-order valence-corrected chi connectivity index (χ4v) is 2.58. The van der Waals surface area contributed by atoms with Crippen LogP contribution in [0, 0.1) is 30.9 Å². The Labute approximate surface area is 128 Å². The molecule has 1 unspecified atom stereocenters. The number of carboxylic acid groups (broad SMARTS) is 1. The zero-order chi connectivity index (χ0) is 17.0. The predicted octanol–water partition coefficient (Wildman–Crippen LogP) is 2.50. The van der Waals surface area contributed by atoms with E-state index in [1.807, 2.05) is 6.92 Å². The first-order valence-corrected chi connectivity index (χ1v) is 6.99. The summed E-state index contributed by atoms with van der Waals surface area (Å²) in [5.74, 6) is -1.72. The molecule has 120 valence electrons. The Balaban J connectivity index is 3.26. The van der Waals surface area contributed by atoms with Gasteiger partial charge in [-0.1, -0.05) is 13.3 Å². The van der Waals surface area contributed by atoms with Gasteiger partial charge in [0.15, 0.2) is 0 Å². The summed E-state index contributed by atoms with van der Waals surface area (Å²) in [6, 6.07) is 0.562. The lowest BCUT2D eigenvalue weighted by Gasteiger charge is -2.16. The van der Waals surface area contributed by atoms with Gasteiger partial charge in [-0.3, -0.25) is 14.9 Å². The number of carbonyl (C=O) groups excluding carboxylic acids is 1. The van der Waals surface area contributed by atoms with Crippen molar-refractivity contribution in [1.82, 2.24) is 5.32 Å². The van der Waals surface area contributed by atoms with Gasteiger partial charge >= 0.3 is 5.97 Å². The number of nitrogens with one attached hydrogen (secondary N) is 1. The Hall–Kier alpha value is -2.44. The van der Waals surface area contributed by atoms with Gasteiger partial charge in [0, 0.05) is 11.1 Å². The van der Waals surface area contributed by atoms with E-state index in [4.69, 9.17) is 5.11 Å². The monoisotopic (exact) mass is 308 g/mol. The zero-order valence-electron chi connectivity index (χ0n) is 13.1. The molecule has 1 rings (SSSR count). The minimum absolute atomic E-state index is 0.113. The lowest BCUT2D eigenvalue weighted by Crippen LogP contribution is -2.41. The summed E-state index contributed by atoms with van der Waals surface area (Å²) >= 11 is 0. The number of nitro groups is 1. The van der Waals surface area contributed by atoms with Crippen LogP contribution in [0.5, 0.6) is 0 Å². The summed E-state index contributed by atoms with van der Waals surface area (Å²) in [6.07, 6.45) is 0.899. The number of benzene rings is 1.